The summed E-state index contributed by atoms with van der Waals surface area (Å²) in [6.45, 7) is 3.94. The molecule has 0 aliphatic carbocycles. The Labute approximate surface area is 137 Å². The monoisotopic (exact) mass is 331 g/mol. The van der Waals surface area contributed by atoms with Gasteiger partial charge in [-0.3, -0.25) is 20.2 Å². The quantitative estimate of drug-likeness (QED) is 0.650. The topological polar surface area (TPSA) is 119 Å². The number of nitrogens with one attached hydrogen (secondary N) is 1. The van der Waals surface area contributed by atoms with Crippen LogP contribution in [0.2, 0.25) is 0 Å². The number of carbonyl (C=O) groups excluding carboxylic acids is 1. The number of carbonyl (C=O) groups is 1. The summed E-state index contributed by atoms with van der Waals surface area (Å²) in [7, 11) is 0. The summed E-state index contributed by atoms with van der Waals surface area (Å²) in [4.78, 5) is 26.4. The Hall–Kier alpha value is -3.04. The van der Waals surface area contributed by atoms with Crippen LogP contribution >= 0.6 is 0 Å². The Bertz CT molecular complexity index is 767. The molecule has 1 aromatic heterocycles. The van der Waals surface area contributed by atoms with Gasteiger partial charge in [0.1, 0.15) is 5.69 Å². The lowest BCUT2D eigenvalue weighted by molar-refractivity contribution is -0.384. The molecule has 1 aromatic carbocycles. The van der Waals surface area contributed by atoms with E-state index in [4.69, 9.17) is 0 Å². The highest BCUT2D eigenvalue weighted by molar-refractivity contribution is 6.04. The molecule has 24 heavy (non-hydrogen) atoms. The molecule has 1 saturated heterocycles. The lowest BCUT2D eigenvalue weighted by atomic mass is 10.1. The summed E-state index contributed by atoms with van der Waals surface area (Å²) in [5.74, 6) is -0.449. The van der Waals surface area contributed by atoms with E-state index in [2.05, 4.69) is 20.7 Å². The molecule has 1 aliphatic rings. The van der Waals surface area contributed by atoms with Crippen LogP contribution in [0.4, 0.5) is 17.3 Å². The first-order chi connectivity index (χ1) is 11.6. The average molecular weight is 331 g/mol. The second-order valence-corrected chi connectivity index (χ2v) is 5.41. The normalized spacial score (nSPS) is 14.0. The van der Waals surface area contributed by atoms with Crippen molar-refractivity contribution in [3.63, 3.8) is 0 Å². The third-order valence-electron chi connectivity index (χ3n) is 3.84. The summed E-state index contributed by atoms with van der Waals surface area (Å²) < 4.78 is 0. The van der Waals surface area contributed by atoms with E-state index in [1.165, 1.54) is 10.9 Å². The fraction of sp³-hybridized carbons (Fsp3) is 0.429. The zero-order valence-electron chi connectivity index (χ0n) is 13.2. The zero-order chi connectivity index (χ0) is 17.1. The zero-order valence-corrected chi connectivity index (χ0v) is 13.2. The lowest BCUT2D eigenvalue weighted by Crippen LogP contribution is -2.20. The number of amides is 1. The Morgan fingerprint density at radius 3 is 2.75 bits per heavy atom. The fourth-order valence-electron chi connectivity index (χ4n) is 2.64. The Kier molecular flexibility index (Phi) is 4.36. The Morgan fingerprint density at radius 1 is 1.38 bits per heavy atom. The van der Waals surface area contributed by atoms with Crippen LogP contribution in [0.1, 0.15) is 30.1 Å². The van der Waals surface area contributed by atoms with Gasteiger partial charge in [-0.05, 0) is 37.1 Å². The van der Waals surface area contributed by atoms with E-state index in [-0.39, 0.29) is 17.2 Å². The maximum absolute atomic E-state index is 12.3. The third-order valence-corrected chi connectivity index (χ3v) is 3.84. The number of aryl methyl sites for hydroxylation is 1. The second kappa shape index (κ2) is 6.60. The van der Waals surface area contributed by atoms with Gasteiger partial charge in [-0.15, -0.1) is 5.10 Å². The summed E-state index contributed by atoms with van der Waals surface area (Å²) in [5.41, 5.74) is 0.649. The molecular weight excluding hydrogens is 314 g/mol. The van der Waals surface area contributed by atoms with E-state index in [9.17, 15) is 14.9 Å². The van der Waals surface area contributed by atoms with E-state index in [0.717, 1.165) is 25.9 Å². The molecule has 1 aliphatic heterocycles. The number of nitrogens with zero attached hydrogens (tertiary/aromatic N) is 6. The van der Waals surface area contributed by atoms with Crippen molar-refractivity contribution in [2.24, 2.45) is 0 Å². The number of nitro benzene ring substituents is 1. The van der Waals surface area contributed by atoms with E-state index < -0.39 is 10.8 Å². The molecule has 0 atom stereocenters. The fourth-order valence-corrected chi connectivity index (χ4v) is 2.64. The summed E-state index contributed by atoms with van der Waals surface area (Å²) in [5, 5.41) is 25.2. The summed E-state index contributed by atoms with van der Waals surface area (Å²) >= 11 is 0. The highest BCUT2D eigenvalue weighted by Crippen LogP contribution is 2.31. The van der Waals surface area contributed by atoms with Crippen molar-refractivity contribution in [1.29, 1.82) is 0 Å². The number of tetrazole rings is 1. The minimum atomic E-state index is -0.512. The van der Waals surface area contributed by atoms with Crippen molar-refractivity contribution in [2.75, 3.05) is 23.3 Å². The molecule has 1 fully saturated rings. The van der Waals surface area contributed by atoms with Crippen molar-refractivity contribution in [1.82, 2.24) is 20.2 Å². The van der Waals surface area contributed by atoms with Gasteiger partial charge in [0.05, 0.1) is 11.5 Å². The van der Waals surface area contributed by atoms with Gasteiger partial charge in [-0.25, -0.2) is 0 Å². The molecule has 0 bridgehead atoms. The van der Waals surface area contributed by atoms with Crippen LogP contribution in [0.3, 0.4) is 0 Å². The first-order valence-corrected chi connectivity index (χ1v) is 7.71. The van der Waals surface area contributed by atoms with Gasteiger partial charge in [-0.1, -0.05) is 5.10 Å². The first kappa shape index (κ1) is 15.8. The van der Waals surface area contributed by atoms with Crippen LogP contribution in [0.25, 0.3) is 0 Å². The number of rotatable bonds is 5. The van der Waals surface area contributed by atoms with Crippen LogP contribution in [-0.4, -0.2) is 44.1 Å². The number of anilines is 2. The van der Waals surface area contributed by atoms with Gasteiger partial charge < -0.3 is 4.90 Å². The molecule has 0 spiro atoms. The second-order valence-electron chi connectivity index (χ2n) is 5.41. The van der Waals surface area contributed by atoms with E-state index in [0.29, 0.717) is 12.2 Å². The van der Waals surface area contributed by atoms with Gasteiger partial charge >= 0.3 is 0 Å². The molecule has 2 aromatic rings. The van der Waals surface area contributed by atoms with Gasteiger partial charge in [0.2, 0.25) is 0 Å². The summed E-state index contributed by atoms with van der Waals surface area (Å²) in [6.07, 6.45) is 2.02. The van der Waals surface area contributed by atoms with Crippen LogP contribution in [0.5, 0.6) is 0 Å². The molecule has 2 heterocycles. The number of hydrogen-bond donors (Lipinski definition) is 1. The Balaban J connectivity index is 1.83. The lowest BCUT2D eigenvalue weighted by Gasteiger charge is -2.17. The molecule has 10 nitrogen and oxygen atoms in total. The summed E-state index contributed by atoms with van der Waals surface area (Å²) in [6, 6.07) is 4.47. The van der Waals surface area contributed by atoms with E-state index in [1.54, 1.807) is 12.1 Å². The SMILES string of the molecule is CCn1nnc(NC(=O)c2ccc(N3CCCC3)c([N+](=O)[O-])c2)n1. The molecule has 126 valence electrons. The third kappa shape index (κ3) is 3.16. The average Bonchev–Trinajstić information content (AvgIpc) is 3.25. The molecule has 0 saturated carbocycles. The number of hydrogen-bond acceptors (Lipinski definition) is 7. The van der Waals surface area contributed by atoms with Crippen LogP contribution in [0.15, 0.2) is 18.2 Å². The van der Waals surface area contributed by atoms with Crippen molar-refractivity contribution in [3.8, 4) is 0 Å². The van der Waals surface area contributed by atoms with Crippen molar-refractivity contribution in [2.45, 2.75) is 26.3 Å². The standard InChI is InChI=1S/C14H17N7O3/c1-2-20-17-14(16-18-20)15-13(22)10-5-6-11(12(9-10)21(23)24)19-7-3-4-8-19/h5-6,9H,2-4,7-8H2,1H3,(H,15,17,22). The van der Waals surface area contributed by atoms with Crippen molar-refractivity contribution < 1.29 is 9.72 Å². The van der Waals surface area contributed by atoms with Crippen molar-refractivity contribution in [3.05, 3.63) is 33.9 Å². The molecule has 0 radical (unpaired) electrons. The maximum atomic E-state index is 12.3. The molecule has 1 amide bonds. The molecule has 10 heteroatoms. The predicted octanol–water partition coefficient (Wildman–Crippen LogP) is 1.45. The highest BCUT2D eigenvalue weighted by atomic mass is 16.6. The molecule has 1 N–H and O–H groups in total. The van der Waals surface area contributed by atoms with E-state index >= 15 is 0 Å². The first-order valence-electron chi connectivity index (χ1n) is 7.71. The van der Waals surface area contributed by atoms with Gasteiger partial charge in [0.25, 0.3) is 17.5 Å². The van der Waals surface area contributed by atoms with Crippen LogP contribution in [-0.2, 0) is 6.54 Å². The molecule has 3 rings (SSSR count). The predicted molar refractivity (Wildman–Crippen MR) is 86.0 cm³/mol. The Morgan fingerprint density at radius 2 is 2.12 bits per heavy atom. The van der Waals surface area contributed by atoms with Crippen LogP contribution < -0.4 is 10.2 Å². The number of benzene rings is 1. The largest absolute Gasteiger partial charge is 0.366 e. The smallest absolute Gasteiger partial charge is 0.293 e. The minimum absolute atomic E-state index is 0.0631. The minimum Gasteiger partial charge on any atom is -0.366 e. The number of nitro groups is 1. The number of aromatic nitrogens is 4. The highest BCUT2D eigenvalue weighted by Gasteiger charge is 2.24. The maximum Gasteiger partial charge on any atom is 0.293 e. The van der Waals surface area contributed by atoms with Crippen LogP contribution in [0, 0.1) is 10.1 Å². The van der Waals surface area contributed by atoms with Gasteiger partial charge in [0, 0.05) is 24.7 Å². The van der Waals surface area contributed by atoms with Gasteiger partial charge in [-0.2, -0.15) is 4.80 Å². The van der Waals surface area contributed by atoms with Crippen molar-refractivity contribution >= 4 is 23.2 Å². The molecular formula is C14H17N7O3. The van der Waals surface area contributed by atoms with Gasteiger partial charge in [0.15, 0.2) is 0 Å². The molecule has 0 unspecified atom stereocenters. The van der Waals surface area contributed by atoms with E-state index in [1.807, 2.05) is 11.8 Å².